The monoisotopic (exact) mass is 298 g/mol. The van der Waals surface area contributed by atoms with Gasteiger partial charge < -0.3 is 15.6 Å². The number of aryl methyl sites for hydroxylation is 1. The average molecular weight is 298 g/mol. The molecule has 1 amide bonds. The maximum Gasteiger partial charge on any atom is 0.257 e. The molecule has 3 rings (SSSR count). The van der Waals surface area contributed by atoms with E-state index < -0.39 is 5.60 Å². The number of aliphatic hydroxyl groups is 1. The molecule has 0 radical (unpaired) electrons. The molecule has 5 nitrogen and oxygen atoms in total. The van der Waals surface area contributed by atoms with Crippen molar-refractivity contribution in [2.45, 2.75) is 24.9 Å². The van der Waals surface area contributed by atoms with Gasteiger partial charge in [0.15, 0.2) is 12.4 Å². The summed E-state index contributed by atoms with van der Waals surface area (Å²) in [5.74, 6) is -0.360. The third-order valence-electron chi connectivity index (χ3n) is 4.13. The molecule has 1 atom stereocenters. The number of nitrogens with one attached hydrogen (secondary N) is 1. The lowest BCUT2D eigenvalue weighted by Gasteiger charge is -2.34. The number of hydrogen-bond donors (Lipinski definition) is 2. The molecule has 1 heterocycles. The number of amides is 1. The second-order valence-corrected chi connectivity index (χ2v) is 5.68. The summed E-state index contributed by atoms with van der Waals surface area (Å²) in [5.41, 5.74) is 1.24. The van der Waals surface area contributed by atoms with E-state index in [1.54, 1.807) is 6.07 Å². The minimum Gasteiger partial charge on any atom is -0.619 e. The highest BCUT2D eigenvalue weighted by molar-refractivity contribution is 5.93. The second kappa shape index (κ2) is 5.77. The number of rotatable bonds is 3. The van der Waals surface area contributed by atoms with Crippen molar-refractivity contribution in [3.05, 3.63) is 70.7 Å². The molecule has 0 saturated carbocycles. The van der Waals surface area contributed by atoms with Gasteiger partial charge in [-0.1, -0.05) is 24.3 Å². The number of benzene rings is 1. The van der Waals surface area contributed by atoms with Crippen LogP contribution in [0.4, 0.5) is 0 Å². The van der Waals surface area contributed by atoms with Crippen LogP contribution in [0.5, 0.6) is 0 Å². The minimum absolute atomic E-state index is 0.136. The van der Waals surface area contributed by atoms with Gasteiger partial charge in [-0.25, -0.2) is 0 Å². The van der Waals surface area contributed by atoms with Crippen molar-refractivity contribution in [2.75, 3.05) is 6.54 Å². The zero-order valence-corrected chi connectivity index (χ0v) is 12.2. The minimum atomic E-state index is -1.05. The van der Waals surface area contributed by atoms with E-state index in [1.165, 1.54) is 18.5 Å². The third kappa shape index (κ3) is 2.80. The first kappa shape index (κ1) is 14.5. The van der Waals surface area contributed by atoms with Crippen molar-refractivity contribution in [2.24, 2.45) is 0 Å². The van der Waals surface area contributed by atoms with Gasteiger partial charge in [-0.3, -0.25) is 4.79 Å². The van der Waals surface area contributed by atoms with Crippen LogP contribution < -0.4 is 10.0 Å². The van der Waals surface area contributed by atoms with Crippen LogP contribution in [0.1, 0.15) is 34.3 Å². The van der Waals surface area contributed by atoms with Crippen LogP contribution in [-0.2, 0) is 12.0 Å². The molecular formula is C17H18N2O3. The molecule has 0 aliphatic heterocycles. The van der Waals surface area contributed by atoms with Crippen molar-refractivity contribution in [1.82, 2.24) is 5.32 Å². The smallest absolute Gasteiger partial charge is 0.257 e. The number of aromatic nitrogens is 1. The Bertz CT molecular complexity index is 702. The number of fused-ring (bicyclic) bond motifs is 1. The largest absolute Gasteiger partial charge is 0.619 e. The van der Waals surface area contributed by atoms with E-state index in [-0.39, 0.29) is 18.0 Å². The van der Waals surface area contributed by atoms with E-state index in [9.17, 15) is 15.1 Å². The molecule has 114 valence electrons. The normalized spacial score (nSPS) is 20.2. The van der Waals surface area contributed by atoms with Crippen LogP contribution >= 0.6 is 0 Å². The predicted molar refractivity (Wildman–Crippen MR) is 81.0 cm³/mol. The Hall–Kier alpha value is -2.40. The highest BCUT2D eigenvalue weighted by Gasteiger charge is 2.34. The molecule has 1 aliphatic rings. The van der Waals surface area contributed by atoms with Gasteiger partial charge in [-0.05, 0) is 36.5 Å². The van der Waals surface area contributed by atoms with E-state index in [1.807, 2.05) is 24.3 Å². The Labute approximate surface area is 128 Å². The maximum absolute atomic E-state index is 12.1. The quantitative estimate of drug-likeness (QED) is 0.662. The van der Waals surface area contributed by atoms with Crippen LogP contribution in [0.15, 0.2) is 48.8 Å². The van der Waals surface area contributed by atoms with Crippen LogP contribution in [-0.4, -0.2) is 17.6 Å². The van der Waals surface area contributed by atoms with Crippen LogP contribution in [0.3, 0.4) is 0 Å². The zero-order chi connectivity index (χ0) is 15.6. The van der Waals surface area contributed by atoms with Gasteiger partial charge in [0.1, 0.15) is 11.2 Å². The second-order valence-electron chi connectivity index (χ2n) is 5.68. The molecule has 22 heavy (non-hydrogen) atoms. The lowest BCUT2D eigenvalue weighted by atomic mass is 9.79. The van der Waals surface area contributed by atoms with Crippen LogP contribution in [0.2, 0.25) is 0 Å². The van der Waals surface area contributed by atoms with Crippen molar-refractivity contribution in [1.29, 1.82) is 0 Å². The van der Waals surface area contributed by atoms with Crippen molar-refractivity contribution in [3.8, 4) is 0 Å². The first-order chi connectivity index (χ1) is 10.6. The molecule has 1 aromatic carbocycles. The number of carbonyl (C=O) groups excluding carboxylic acids is 1. The molecule has 1 unspecified atom stereocenters. The summed E-state index contributed by atoms with van der Waals surface area (Å²) in [5, 5.41) is 24.8. The van der Waals surface area contributed by atoms with Crippen molar-refractivity contribution in [3.63, 3.8) is 0 Å². The predicted octanol–water partition coefficient (Wildman–Crippen LogP) is 1.27. The molecule has 0 fully saturated rings. The van der Waals surface area contributed by atoms with Crippen molar-refractivity contribution >= 4 is 5.91 Å². The molecular weight excluding hydrogens is 280 g/mol. The molecule has 5 heteroatoms. The zero-order valence-electron chi connectivity index (χ0n) is 12.2. The van der Waals surface area contributed by atoms with Gasteiger partial charge in [-0.15, -0.1) is 0 Å². The summed E-state index contributed by atoms with van der Waals surface area (Å²) in [6, 6.07) is 10.9. The Morgan fingerprint density at radius 3 is 2.95 bits per heavy atom. The van der Waals surface area contributed by atoms with Gasteiger partial charge >= 0.3 is 0 Å². The highest BCUT2D eigenvalue weighted by atomic mass is 16.5. The summed E-state index contributed by atoms with van der Waals surface area (Å²) in [4.78, 5) is 12.1. The standard InChI is InChI=1S/C17H18N2O3/c20-16(14-7-4-10-19(22)11-14)18-12-17(21)9-3-6-13-5-1-2-8-15(13)17/h1-2,4-5,7-8,10-11,21H,3,6,9,12H2,(H,18,20). The molecule has 2 aromatic rings. The Balaban J connectivity index is 1.75. The lowest BCUT2D eigenvalue weighted by Crippen LogP contribution is -2.43. The fraction of sp³-hybridized carbons (Fsp3) is 0.294. The topological polar surface area (TPSA) is 76.3 Å². The fourth-order valence-corrected chi connectivity index (χ4v) is 3.00. The Morgan fingerprint density at radius 2 is 2.14 bits per heavy atom. The highest BCUT2D eigenvalue weighted by Crippen LogP contribution is 2.34. The molecule has 0 bridgehead atoms. The number of carbonyl (C=O) groups is 1. The number of hydrogen-bond acceptors (Lipinski definition) is 3. The first-order valence-electron chi connectivity index (χ1n) is 7.36. The molecule has 1 aromatic heterocycles. The van der Waals surface area contributed by atoms with E-state index in [2.05, 4.69) is 5.32 Å². The van der Waals surface area contributed by atoms with E-state index >= 15 is 0 Å². The van der Waals surface area contributed by atoms with Gasteiger partial charge in [0, 0.05) is 6.07 Å². The molecule has 0 saturated heterocycles. The van der Waals surface area contributed by atoms with Gasteiger partial charge in [0.25, 0.3) is 5.91 Å². The summed E-state index contributed by atoms with van der Waals surface area (Å²) in [6.07, 6.45) is 4.98. The lowest BCUT2D eigenvalue weighted by molar-refractivity contribution is -0.605. The average Bonchev–Trinajstić information content (AvgIpc) is 2.53. The third-order valence-corrected chi connectivity index (χ3v) is 4.13. The molecule has 2 N–H and O–H groups in total. The van der Waals surface area contributed by atoms with E-state index in [4.69, 9.17) is 0 Å². The number of pyridine rings is 1. The fourth-order valence-electron chi connectivity index (χ4n) is 3.00. The summed E-state index contributed by atoms with van der Waals surface area (Å²) in [6.45, 7) is 0.136. The summed E-state index contributed by atoms with van der Waals surface area (Å²) < 4.78 is 0.583. The Kier molecular flexibility index (Phi) is 3.81. The van der Waals surface area contributed by atoms with Crippen LogP contribution in [0, 0.1) is 5.21 Å². The van der Waals surface area contributed by atoms with E-state index in [0.29, 0.717) is 11.2 Å². The molecule has 0 spiro atoms. The summed E-state index contributed by atoms with van der Waals surface area (Å²) >= 11 is 0. The SMILES string of the molecule is O=C(NCC1(O)CCCc2ccccc21)c1ccc[n+]([O-])c1. The van der Waals surface area contributed by atoms with Crippen molar-refractivity contribution < 1.29 is 14.6 Å². The Morgan fingerprint density at radius 1 is 1.32 bits per heavy atom. The van der Waals surface area contributed by atoms with E-state index in [0.717, 1.165) is 24.0 Å². The maximum atomic E-state index is 12.1. The first-order valence-corrected chi connectivity index (χ1v) is 7.36. The van der Waals surface area contributed by atoms with Gasteiger partial charge in [0.05, 0.1) is 6.54 Å². The molecule has 1 aliphatic carbocycles. The number of nitrogens with zero attached hydrogens (tertiary/aromatic N) is 1. The van der Waals surface area contributed by atoms with Crippen LogP contribution in [0.25, 0.3) is 0 Å². The van der Waals surface area contributed by atoms with Gasteiger partial charge in [0.2, 0.25) is 0 Å². The summed E-state index contributed by atoms with van der Waals surface area (Å²) in [7, 11) is 0. The van der Waals surface area contributed by atoms with Gasteiger partial charge in [-0.2, -0.15) is 4.73 Å².